The third-order valence-corrected chi connectivity index (χ3v) is 5.44. The van der Waals surface area contributed by atoms with E-state index in [9.17, 15) is 9.59 Å². The Hall–Kier alpha value is -2.47. The maximum Gasteiger partial charge on any atom is 0.258 e. The first-order chi connectivity index (χ1) is 12.7. The average molecular weight is 367 g/mol. The maximum absolute atomic E-state index is 12.7. The zero-order valence-electron chi connectivity index (χ0n) is 14.5. The quantitative estimate of drug-likeness (QED) is 0.695. The van der Waals surface area contributed by atoms with Gasteiger partial charge in [-0.2, -0.15) is 11.3 Å². The second kappa shape index (κ2) is 7.41. The molecule has 2 heterocycles. The topological polar surface area (TPSA) is 66.1 Å². The van der Waals surface area contributed by atoms with Gasteiger partial charge in [0.05, 0.1) is 10.9 Å². The van der Waals surface area contributed by atoms with Gasteiger partial charge in [-0.05, 0) is 53.8 Å². The zero-order valence-corrected chi connectivity index (χ0v) is 15.3. The Morgan fingerprint density at radius 3 is 2.88 bits per heavy atom. The van der Waals surface area contributed by atoms with Crippen LogP contribution in [0, 0.1) is 0 Å². The predicted molar refractivity (Wildman–Crippen MR) is 103 cm³/mol. The van der Waals surface area contributed by atoms with Gasteiger partial charge in [-0.3, -0.25) is 9.59 Å². The molecule has 0 unspecified atom stereocenters. The summed E-state index contributed by atoms with van der Waals surface area (Å²) in [5.74, 6) is 0.846. The van der Waals surface area contributed by atoms with Gasteiger partial charge in [-0.15, -0.1) is 0 Å². The number of fused-ring (bicyclic) bond motifs is 1. The number of H-pyrrole nitrogens is 1. The highest BCUT2D eigenvalue weighted by molar-refractivity contribution is 7.07. The summed E-state index contributed by atoms with van der Waals surface area (Å²) < 4.78 is 0. The molecule has 3 aromatic rings. The molecule has 1 aromatic carbocycles. The third-order valence-electron chi connectivity index (χ3n) is 4.71. The van der Waals surface area contributed by atoms with Crippen molar-refractivity contribution in [2.45, 2.75) is 44.7 Å². The van der Waals surface area contributed by atoms with Crippen molar-refractivity contribution in [1.82, 2.24) is 14.9 Å². The standard InChI is InChI=1S/C20H21N3O2S/c24-19(23(15-8-9-15)12-14-10-11-26-13-14)7-3-6-18-21-17-5-2-1-4-16(17)20(25)22-18/h1-2,4-5,10-11,13,15H,3,6-9,12H2,(H,21,22,25). The first-order valence-corrected chi connectivity index (χ1v) is 9.93. The fourth-order valence-corrected chi connectivity index (χ4v) is 3.85. The van der Waals surface area contributed by atoms with Crippen molar-refractivity contribution < 1.29 is 4.79 Å². The molecule has 1 saturated carbocycles. The van der Waals surface area contributed by atoms with Crippen molar-refractivity contribution in [3.63, 3.8) is 0 Å². The van der Waals surface area contributed by atoms with Crippen LogP contribution in [0.2, 0.25) is 0 Å². The molecule has 6 heteroatoms. The fourth-order valence-electron chi connectivity index (χ4n) is 3.19. The molecule has 0 saturated heterocycles. The van der Waals surface area contributed by atoms with Gasteiger partial charge < -0.3 is 9.88 Å². The number of aromatic amines is 1. The summed E-state index contributed by atoms with van der Waals surface area (Å²) in [7, 11) is 0. The number of carbonyl (C=O) groups is 1. The molecular formula is C20H21N3O2S. The molecule has 26 heavy (non-hydrogen) atoms. The van der Waals surface area contributed by atoms with E-state index in [1.165, 1.54) is 5.56 Å². The van der Waals surface area contributed by atoms with Crippen LogP contribution in [-0.4, -0.2) is 26.8 Å². The van der Waals surface area contributed by atoms with Crippen molar-refractivity contribution in [2.24, 2.45) is 0 Å². The predicted octanol–water partition coefficient (Wildman–Crippen LogP) is 3.50. The highest BCUT2D eigenvalue weighted by Gasteiger charge is 2.32. The number of thiophene rings is 1. The molecule has 0 radical (unpaired) electrons. The number of nitrogens with one attached hydrogen (secondary N) is 1. The number of para-hydroxylation sites is 1. The number of benzene rings is 1. The molecule has 0 bridgehead atoms. The Labute approximate surface area is 155 Å². The highest BCUT2D eigenvalue weighted by atomic mass is 32.1. The molecule has 1 N–H and O–H groups in total. The van der Waals surface area contributed by atoms with Crippen LogP contribution in [-0.2, 0) is 17.8 Å². The summed E-state index contributed by atoms with van der Waals surface area (Å²) in [4.78, 5) is 34.1. The Balaban J connectivity index is 1.37. The van der Waals surface area contributed by atoms with Gasteiger partial charge in [-0.1, -0.05) is 12.1 Å². The molecule has 1 aliphatic rings. The number of hydrogen-bond acceptors (Lipinski definition) is 4. The summed E-state index contributed by atoms with van der Waals surface area (Å²) in [6, 6.07) is 9.80. The lowest BCUT2D eigenvalue weighted by Crippen LogP contribution is -2.32. The van der Waals surface area contributed by atoms with Gasteiger partial charge in [0.15, 0.2) is 0 Å². The van der Waals surface area contributed by atoms with Crippen LogP contribution in [0.25, 0.3) is 10.9 Å². The Morgan fingerprint density at radius 1 is 1.27 bits per heavy atom. The molecule has 134 valence electrons. The largest absolute Gasteiger partial charge is 0.335 e. The number of rotatable bonds is 7. The molecule has 0 aliphatic heterocycles. The molecule has 0 atom stereocenters. The number of carbonyl (C=O) groups excluding carboxylic acids is 1. The van der Waals surface area contributed by atoms with E-state index in [0.29, 0.717) is 48.6 Å². The molecule has 0 spiro atoms. The van der Waals surface area contributed by atoms with Crippen LogP contribution in [0.15, 0.2) is 45.9 Å². The smallest absolute Gasteiger partial charge is 0.258 e. The fraction of sp³-hybridized carbons (Fsp3) is 0.350. The molecule has 4 rings (SSSR count). The second-order valence-corrected chi connectivity index (χ2v) is 7.55. The van der Waals surface area contributed by atoms with Crippen LogP contribution < -0.4 is 5.56 Å². The lowest BCUT2D eigenvalue weighted by atomic mass is 10.2. The van der Waals surface area contributed by atoms with Gasteiger partial charge in [0, 0.05) is 25.4 Å². The summed E-state index contributed by atoms with van der Waals surface area (Å²) in [5.41, 5.74) is 1.79. The van der Waals surface area contributed by atoms with E-state index < -0.39 is 0 Å². The average Bonchev–Trinajstić information content (AvgIpc) is 3.35. The van der Waals surface area contributed by atoms with E-state index in [1.54, 1.807) is 17.4 Å². The van der Waals surface area contributed by atoms with Crippen LogP contribution in [0.4, 0.5) is 0 Å². The van der Waals surface area contributed by atoms with Gasteiger partial charge in [-0.25, -0.2) is 4.98 Å². The molecule has 5 nitrogen and oxygen atoms in total. The summed E-state index contributed by atoms with van der Waals surface area (Å²) >= 11 is 1.66. The van der Waals surface area contributed by atoms with Gasteiger partial charge in [0.2, 0.25) is 5.91 Å². The molecule has 1 amide bonds. The van der Waals surface area contributed by atoms with Crippen molar-refractivity contribution >= 4 is 28.1 Å². The maximum atomic E-state index is 12.7. The summed E-state index contributed by atoms with van der Waals surface area (Å²) in [5, 5.41) is 4.75. The monoisotopic (exact) mass is 367 g/mol. The SMILES string of the molecule is O=C(CCCc1nc2ccccc2c(=O)[nH]1)N(Cc1ccsc1)C1CC1. The van der Waals surface area contributed by atoms with Crippen molar-refractivity contribution in [2.75, 3.05) is 0 Å². The van der Waals surface area contributed by atoms with Gasteiger partial charge in [0.25, 0.3) is 5.56 Å². The lowest BCUT2D eigenvalue weighted by molar-refractivity contribution is -0.132. The van der Waals surface area contributed by atoms with Crippen LogP contribution >= 0.6 is 11.3 Å². The zero-order chi connectivity index (χ0) is 17.9. The first kappa shape index (κ1) is 17.0. The first-order valence-electron chi connectivity index (χ1n) is 8.99. The number of aryl methyl sites for hydroxylation is 1. The van der Waals surface area contributed by atoms with Gasteiger partial charge in [0.1, 0.15) is 5.82 Å². The van der Waals surface area contributed by atoms with E-state index >= 15 is 0 Å². The number of hydrogen-bond donors (Lipinski definition) is 1. The lowest BCUT2D eigenvalue weighted by Gasteiger charge is -2.22. The Morgan fingerprint density at radius 2 is 2.12 bits per heavy atom. The molecular weight excluding hydrogens is 346 g/mol. The second-order valence-electron chi connectivity index (χ2n) is 6.77. The van der Waals surface area contributed by atoms with Crippen LogP contribution in [0.3, 0.4) is 0 Å². The minimum Gasteiger partial charge on any atom is -0.335 e. The number of amides is 1. The number of nitrogens with zero attached hydrogens (tertiary/aromatic N) is 2. The van der Waals surface area contributed by atoms with E-state index in [2.05, 4.69) is 21.4 Å². The highest BCUT2D eigenvalue weighted by Crippen LogP contribution is 2.29. The van der Waals surface area contributed by atoms with Crippen molar-refractivity contribution in [1.29, 1.82) is 0 Å². The molecule has 2 aromatic heterocycles. The summed E-state index contributed by atoms with van der Waals surface area (Å²) in [6.45, 7) is 0.706. The van der Waals surface area contributed by atoms with Crippen LogP contribution in [0.5, 0.6) is 0 Å². The molecule has 1 aliphatic carbocycles. The third kappa shape index (κ3) is 3.85. The van der Waals surface area contributed by atoms with E-state index in [-0.39, 0.29) is 11.5 Å². The van der Waals surface area contributed by atoms with E-state index in [1.807, 2.05) is 28.5 Å². The minimum atomic E-state index is -0.117. The van der Waals surface area contributed by atoms with Gasteiger partial charge >= 0.3 is 0 Å². The van der Waals surface area contributed by atoms with E-state index in [4.69, 9.17) is 0 Å². The number of aromatic nitrogens is 2. The normalized spacial score (nSPS) is 13.8. The Bertz CT molecular complexity index is 961. The van der Waals surface area contributed by atoms with Crippen LogP contribution in [0.1, 0.15) is 37.1 Å². The minimum absolute atomic E-state index is 0.117. The van der Waals surface area contributed by atoms with E-state index in [0.717, 1.165) is 12.8 Å². The Kier molecular flexibility index (Phi) is 4.84. The molecule has 1 fully saturated rings. The van der Waals surface area contributed by atoms with Crippen molar-refractivity contribution in [3.8, 4) is 0 Å². The van der Waals surface area contributed by atoms with Crippen molar-refractivity contribution in [3.05, 3.63) is 62.8 Å². The summed E-state index contributed by atoms with van der Waals surface area (Å²) in [6.07, 6.45) is 3.98.